The molecule has 0 aliphatic carbocycles. The van der Waals surface area contributed by atoms with Crippen LogP contribution in [0.5, 0.6) is 5.75 Å². The highest BCUT2D eigenvalue weighted by Crippen LogP contribution is 2.40. The molecule has 2 aromatic rings. The Hall–Kier alpha value is -3.05. The van der Waals surface area contributed by atoms with Gasteiger partial charge < -0.3 is 9.47 Å². The van der Waals surface area contributed by atoms with Gasteiger partial charge >= 0.3 is 5.97 Å². The Bertz CT molecular complexity index is 1210. The highest BCUT2D eigenvalue weighted by Gasteiger charge is 2.37. The molecule has 0 N–H and O–H groups in total. The number of carbonyl (C=O) groups excluding carboxylic acids is 1. The number of fused-ring (bicyclic) bond motifs is 1. The van der Waals surface area contributed by atoms with Crippen molar-refractivity contribution in [2.75, 3.05) is 10.8 Å². The molecule has 0 saturated carbocycles. The molecule has 0 bridgehead atoms. The Labute approximate surface area is 202 Å². The monoisotopic (exact) mass is 484 g/mol. The second-order valence-electron chi connectivity index (χ2n) is 10.4. The number of esters is 1. The summed E-state index contributed by atoms with van der Waals surface area (Å²) in [5.74, 6) is -0.000573. The molecule has 0 spiro atoms. The molecule has 0 radical (unpaired) electrons. The van der Waals surface area contributed by atoms with E-state index in [2.05, 4.69) is 6.07 Å². The van der Waals surface area contributed by atoms with E-state index in [1.54, 1.807) is 77.1 Å². The van der Waals surface area contributed by atoms with Gasteiger partial charge in [-0.1, -0.05) is 23.8 Å². The number of aryl methyl sites for hydroxylation is 1. The van der Waals surface area contributed by atoms with Gasteiger partial charge in [-0.2, -0.15) is 5.26 Å². The van der Waals surface area contributed by atoms with Gasteiger partial charge in [-0.15, -0.1) is 0 Å². The summed E-state index contributed by atoms with van der Waals surface area (Å²) in [5.41, 5.74) is 0.646. The Morgan fingerprint density at radius 2 is 1.79 bits per heavy atom. The van der Waals surface area contributed by atoms with Crippen molar-refractivity contribution in [1.82, 2.24) is 0 Å². The van der Waals surface area contributed by atoms with E-state index < -0.39 is 33.1 Å². The molecule has 0 saturated heterocycles. The SMILES string of the molecule is Cc1ccc(S(=O)(=O)N2C[C@H](CC(C)(C)C#N)Oc3ccc(CC(=O)OC(C)(C)C)cc32)cc1. The molecule has 8 heteroatoms. The van der Waals surface area contributed by atoms with E-state index in [0.717, 1.165) is 5.56 Å². The third-order valence-corrected chi connectivity index (χ3v) is 7.17. The molecular formula is C26H32N2O5S. The number of nitrogens with zero attached hydrogens (tertiary/aromatic N) is 2. The topological polar surface area (TPSA) is 96.7 Å². The van der Waals surface area contributed by atoms with Gasteiger partial charge in [0.2, 0.25) is 0 Å². The van der Waals surface area contributed by atoms with Crippen LogP contribution in [0.2, 0.25) is 0 Å². The fraction of sp³-hybridized carbons (Fsp3) is 0.462. The molecular weight excluding hydrogens is 452 g/mol. The maximum absolute atomic E-state index is 13.7. The lowest BCUT2D eigenvalue weighted by molar-refractivity contribution is -0.153. The predicted octanol–water partition coefficient (Wildman–Crippen LogP) is 4.78. The van der Waals surface area contributed by atoms with Gasteiger partial charge in [-0.05, 0) is 71.4 Å². The van der Waals surface area contributed by atoms with Gasteiger partial charge in [0.25, 0.3) is 10.0 Å². The molecule has 1 aliphatic heterocycles. The zero-order chi connectivity index (χ0) is 25.3. The highest BCUT2D eigenvalue weighted by molar-refractivity contribution is 7.92. The van der Waals surface area contributed by atoms with Gasteiger partial charge in [0.15, 0.2) is 0 Å². The summed E-state index contributed by atoms with van der Waals surface area (Å²) in [6.45, 7) is 10.9. The summed E-state index contributed by atoms with van der Waals surface area (Å²) in [7, 11) is -3.91. The summed E-state index contributed by atoms with van der Waals surface area (Å²) in [5, 5.41) is 9.47. The van der Waals surface area contributed by atoms with Crippen molar-refractivity contribution in [3.63, 3.8) is 0 Å². The molecule has 7 nitrogen and oxygen atoms in total. The number of hydrogen-bond acceptors (Lipinski definition) is 6. The third kappa shape index (κ3) is 6.09. The van der Waals surface area contributed by atoms with Crippen molar-refractivity contribution < 1.29 is 22.7 Å². The first kappa shape index (κ1) is 25.6. The molecule has 0 unspecified atom stereocenters. The molecule has 0 amide bonds. The Morgan fingerprint density at radius 1 is 1.15 bits per heavy atom. The van der Waals surface area contributed by atoms with Crippen LogP contribution < -0.4 is 9.04 Å². The quantitative estimate of drug-likeness (QED) is 0.548. The van der Waals surface area contributed by atoms with Gasteiger partial charge in [0.05, 0.1) is 35.0 Å². The minimum atomic E-state index is -3.91. The van der Waals surface area contributed by atoms with Crippen LogP contribution in [0.25, 0.3) is 0 Å². The molecule has 182 valence electrons. The molecule has 2 aromatic carbocycles. The Balaban J connectivity index is 2.01. The maximum Gasteiger partial charge on any atom is 0.310 e. The fourth-order valence-electron chi connectivity index (χ4n) is 3.80. The standard InChI is InChI=1S/C26H32N2O5S/c1-18-7-10-21(11-8-18)34(30,31)28-16-20(15-26(5,6)17-27)32-23-12-9-19(13-22(23)28)14-24(29)33-25(2,3)4/h7-13,20H,14-16H2,1-6H3/t20-/m0/s1. The molecule has 1 heterocycles. The van der Waals surface area contributed by atoms with E-state index in [1.807, 2.05) is 6.92 Å². The predicted molar refractivity (Wildman–Crippen MR) is 130 cm³/mol. The minimum Gasteiger partial charge on any atom is -0.486 e. The van der Waals surface area contributed by atoms with E-state index in [0.29, 0.717) is 23.4 Å². The van der Waals surface area contributed by atoms with E-state index >= 15 is 0 Å². The minimum absolute atomic E-state index is 0.00780. The zero-order valence-electron chi connectivity index (χ0n) is 20.6. The summed E-state index contributed by atoms with van der Waals surface area (Å²) < 4.78 is 40.2. The fourth-order valence-corrected chi connectivity index (χ4v) is 5.30. The molecule has 1 aliphatic rings. The smallest absolute Gasteiger partial charge is 0.310 e. The van der Waals surface area contributed by atoms with Crippen molar-refractivity contribution in [2.24, 2.45) is 5.41 Å². The maximum atomic E-state index is 13.7. The summed E-state index contributed by atoms with van der Waals surface area (Å²) >= 11 is 0. The van der Waals surface area contributed by atoms with Gasteiger partial charge in [-0.3, -0.25) is 9.10 Å². The number of benzene rings is 2. The first-order chi connectivity index (χ1) is 15.7. The van der Waals surface area contributed by atoms with Crippen LogP contribution in [0, 0.1) is 23.7 Å². The Morgan fingerprint density at radius 3 is 2.38 bits per heavy atom. The van der Waals surface area contributed by atoms with E-state index in [4.69, 9.17) is 9.47 Å². The Kier molecular flexibility index (Phi) is 6.99. The summed E-state index contributed by atoms with van der Waals surface area (Å²) in [6, 6.07) is 14.0. The van der Waals surface area contributed by atoms with Gasteiger partial charge in [0, 0.05) is 6.42 Å². The number of hydrogen-bond donors (Lipinski definition) is 0. The highest BCUT2D eigenvalue weighted by atomic mass is 32.2. The largest absolute Gasteiger partial charge is 0.486 e. The molecule has 3 rings (SSSR count). The first-order valence-electron chi connectivity index (χ1n) is 11.2. The van der Waals surface area contributed by atoms with Crippen LogP contribution >= 0.6 is 0 Å². The lowest BCUT2D eigenvalue weighted by Crippen LogP contribution is -2.45. The number of carbonyl (C=O) groups is 1. The second kappa shape index (κ2) is 9.30. The van der Waals surface area contributed by atoms with Crippen LogP contribution in [0.3, 0.4) is 0 Å². The lowest BCUT2D eigenvalue weighted by atomic mass is 9.88. The van der Waals surface area contributed by atoms with Crippen molar-refractivity contribution in [1.29, 1.82) is 5.26 Å². The number of ether oxygens (including phenoxy) is 2. The molecule has 0 fully saturated rings. The zero-order valence-corrected chi connectivity index (χ0v) is 21.4. The van der Waals surface area contributed by atoms with E-state index in [9.17, 15) is 18.5 Å². The average Bonchev–Trinajstić information content (AvgIpc) is 2.72. The number of sulfonamides is 1. The van der Waals surface area contributed by atoms with Crippen molar-refractivity contribution >= 4 is 21.7 Å². The van der Waals surface area contributed by atoms with Crippen LogP contribution in [0.4, 0.5) is 5.69 Å². The van der Waals surface area contributed by atoms with Gasteiger partial charge in [-0.25, -0.2) is 8.42 Å². The van der Waals surface area contributed by atoms with Crippen molar-refractivity contribution in [3.05, 3.63) is 53.6 Å². The van der Waals surface area contributed by atoms with Crippen molar-refractivity contribution in [2.45, 2.75) is 71.0 Å². The molecule has 0 aromatic heterocycles. The van der Waals surface area contributed by atoms with Crippen molar-refractivity contribution in [3.8, 4) is 11.8 Å². The normalized spacial score (nSPS) is 16.3. The van der Waals surface area contributed by atoms with E-state index in [1.165, 1.54) is 4.31 Å². The van der Waals surface area contributed by atoms with Crippen LogP contribution in [-0.2, 0) is 26.0 Å². The third-order valence-electron chi connectivity index (χ3n) is 5.37. The first-order valence-corrected chi connectivity index (χ1v) is 12.7. The summed E-state index contributed by atoms with van der Waals surface area (Å²) in [4.78, 5) is 12.5. The second-order valence-corrected chi connectivity index (χ2v) is 12.2. The van der Waals surface area contributed by atoms with Crippen LogP contribution in [0.1, 0.15) is 52.2 Å². The van der Waals surface area contributed by atoms with Crippen LogP contribution in [0.15, 0.2) is 47.4 Å². The lowest BCUT2D eigenvalue weighted by Gasteiger charge is -2.37. The average molecular weight is 485 g/mol. The number of anilines is 1. The van der Waals surface area contributed by atoms with Gasteiger partial charge in [0.1, 0.15) is 17.5 Å². The number of rotatable bonds is 6. The molecule has 1 atom stereocenters. The summed E-state index contributed by atoms with van der Waals surface area (Å²) in [6.07, 6.45) is -0.129. The van der Waals surface area contributed by atoms with E-state index in [-0.39, 0.29) is 17.9 Å². The van der Waals surface area contributed by atoms with Crippen LogP contribution in [-0.4, -0.2) is 32.6 Å². The molecule has 34 heavy (non-hydrogen) atoms. The number of nitriles is 1.